The minimum absolute atomic E-state index is 0.115. The minimum Gasteiger partial charge on any atom is -0.368 e. The van der Waals surface area contributed by atoms with Crippen LogP contribution in [0.25, 0.3) is 0 Å². The van der Waals surface area contributed by atoms with E-state index >= 15 is 0 Å². The van der Waals surface area contributed by atoms with Gasteiger partial charge in [-0.15, -0.1) is 0 Å². The summed E-state index contributed by atoms with van der Waals surface area (Å²) in [7, 11) is 4.39. The number of aryl methyl sites for hydroxylation is 1. The molecule has 2 N–H and O–H groups in total. The lowest BCUT2D eigenvalue weighted by molar-refractivity contribution is -0.00773. The fourth-order valence-corrected chi connectivity index (χ4v) is 5.63. The van der Waals surface area contributed by atoms with Gasteiger partial charge in [0, 0.05) is 60.7 Å². The van der Waals surface area contributed by atoms with Gasteiger partial charge in [-0.2, -0.15) is 4.98 Å². The Bertz CT molecular complexity index is 996. The minimum atomic E-state index is 0.115. The van der Waals surface area contributed by atoms with Crippen LogP contribution in [-0.4, -0.2) is 77.2 Å². The molecule has 0 saturated carbocycles. The van der Waals surface area contributed by atoms with E-state index in [-0.39, 0.29) is 11.1 Å². The molecule has 2 aliphatic heterocycles. The number of hydrogen-bond donors (Lipinski definition) is 2. The van der Waals surface area contributed by atoms with Gasteiger partial charge in [-0.05, 0) is 79.8 Å². The number of nitrogens with zero attached hydrogens (tertiary/aromatic N) is 5. The Morgan fingerprint density at radius 1 is 1.00 bits per heavy atom. The van der Waals surface area contributed by atoms with Crippen molar-refractivity contribution in [1.82, 2.24) is 19.8 Å². The molecule has 0 radical (unpaired) electrons. The fourth-order valence-electron chi connectivity index (χ4n) is 5.33. The monoisotopic (exact) mass is 485 g/mol. The molecule has 0 amide bonds. The van der Waals surface area contributed by atoms with Gasteiger partial charge in [0.2, 0.25) is 5.95 Å². The molecule has 2 aromatic rings. The molecular formula is C26H40ClN7. The molecule has 1 aromatic carbocycles. The van der Waals surface area contributed by atoms with Gasteiger partial charge < -0.3 is 20.4 Å². The zero-order chi connectivity index (χ0) is 24.7. The van der Waals surface area contributed by atoms with Gasteiger partial charge in [-0.25, -0.2) is 4.98 Å². The molecule has 1 aromatic heterocycles. The summed E-state index contributed by atoms with van der Waals surface area (Å²) in [6.45, 7) is 15.4. The van der Waals surface area contributed by atoms with Crippen LogP contribution >= 0.6 is 11.6 Å². The quantitative estimate of drug-likeness (QED) is 0.618. The van der Waals surface area contributed by atoms with E-state index in [2.05, 4.69) is 91.2 Å². The van der Waals surface area contributed by atoms with E-state index in [0.29, 0.717) is 12.0 Å². The summed E-state index contributed by atoms with van der Waals surface area (Å²) in [6, 6.07) is 6.46. The number of likely N-dealkylation sites (tertiary alicyclic amines) is 1. The van der Waals surface area contributed by atoms with Gasteiger partial charge in [-0.1, -0.05) is 11.6 Å². The Kier molecular flexibility index (Phi) is 7.00. The topological polar surface area (TPSA) is 59.6 Å². The first-order valence-corrected chi connectivity index (χ1v) is 12.7. The molecule has 3 heterocycles. The number of aromatic nitrogens is 2. The van der Waals surface area contributed by atoms with E-state index < -0.39 is 0 Å². The smallest absolute Gasteiger partial charge is 0.229 e. The number of anilines is 4. The van der Waals surface area contributed by atoms with Crippen LogP contribution in [0.2, 0.25) is 5.02 Å². The lowest BCUT2D eigenvalue weighted by Crippen LogP contribution is -2.61. The SMILES string of the molecule is Cc1cnc(Nc2ccc(N3CCN(C)CC3)c(Cl)c2)nc1NC1CC(C)(C)N(C)C(C)(C)C1. The van der Waals surface area contributed by atoms with Crippen molar-refractivity contribution in [3.8, 4) is 0 Å². The molecule has 186 valence electrons. The molecular weight excluding hydrogens is 446 g/mol. The number of piperidine rings is 1. The first kappa shape index (κ1) is 25.0. The maximum Gasteiger partial charge on any atom is 0.229 e. The second kappa shape index (κ2) is 9.51. The van der Waals surface area contributed by atoms with Gasteiger partial charge >= 0.3 is 0 Å². The summed E-state index contributed by atoms with van der Waals surface area (Å²) in [5.74, 6) is 1.46. The van der Waals surface area contributed by atoms with Crippen molar-refractivity contribution in [2.75, 3.05) is 55.8 Å². The van der Waals surface area contributed by atoms with Crippen molar-refractivity contribution in [3.05, 3.63) is 35.0 Å². The number of piperazine rings is 1. The van der Waals surface area contributed by atoms with Gasteiger partial charge in [0.25, 0.3) is 0 Å². The lowest BCUT2D eigenvalue weighted by atomic mass is 9.77. The van der Waals surface area contributed by atoms with Crippen molar-refractivity contribution in [3.63, 3.8) is 0 Å². The number of hydrogen-bond acceptors (Lipinski definition) is 7. The first-order valence-electron chi connectivity index (χ1n) is 12.3. The molecule has 8 heteroatoms. The highest BCUT2D eigenvalue weighted by atomic mass is 35.5. The fraction of sp³-hybridized carbons (Fsp3) is 0.615. The number of halogens is 1. The van der Waals surface area contributed by atoms with Crippen LogP contribution < -0.4 is 15.5 Å². The molecule has 7 nitrogen and oxygen atoms in total. The number of likely N-dealkylation sites (N-methyl/N-ethyl adjacent to an activating group) is 1. The Hall–Kier alpha value is -2.09. The summed E-state index contributed by atoms with van der Waals surface area (Å²) in [5.41, 5.74) is 3.25. The van der Waals surface area contributed by atoms with E-state index in [0.717, 1.165) is 66.8 Å². The van der Waals surface area contributed by atoms with E-state index in [1.807, 2.05) is 12.3 Å². The average Bonchev–Trinajstić information content (AvgIpc) is 2.75. The second-order valence-electron chi connectivity index (χ2n) is 11.2. The van der Waals surface area contributed by atoms with E-state index in [4.69, 9.17) is 16.6 Å². The van der Waals surface area contributed by atoms with Crippen molar-refractivity contribution in [1.29, 1.82) is 0 Å². The summed E-state index contributed by atoms with van der Waals surface area (Å²) in [5, 5.41) is 7.81. The maximum atomic E-state index is 6.66. The van der Waals surface area contributed by atoms with Crippen LogP contribution in [0, 0.1) is 6.92 Å². The lowest BCUT2D eigenvalue weighted by Gasteiger charge is -2.53. The summed E-state index contributed by atoms with van der Waals surface area (Å²) < 4.78 is 0. The normalized spacial score (nSPS) is 21.5. The third-order valence-electron chi connectivity index (χ3n) is 7.67. The molecule has 0 aliphatic carbocycles. The third-order valence-corrected chi connectivity index (χ3v) is 7.97. The molecule has 0 spiro atoms. The van der Waals surface area contributed by atoms with Crippen LogP contribution in [0.1, 0.15) is 46.1 Å². The summed E-state index contributed by atoms with van der Waals surface area (Å²) >= 11 is 6.66. The molecule has 0 unspecified atom stereocenters. The van der Waals surface area contributed by atoms with E-state index in [9.17, 15) is 0 Å². The number of nitrogens with one attached hydrogen (secondary N) is 2. The molecule has 2 aliphatic rings. The first-order chi connectivity index (χ1) is 15.9. The Morgan fingerprint density at radius 2 is 1.65 bits per heavy atom. The highest BCUT2D eigenvalue weighted by molar-refractivity contribution is 6.33. The van der Waals surface area contributed by atoms with Crippen LogP contribution in [0.3, 0.4) is 0 Å². The zero-order valence-corrected chi connectivity index (χ0v) is 22.5. The van der Waals surface area contributed by atoms with Crippen LogP contribution in [0.15, 0.2) is 24.4 Å². The van der Waals surface area contributed by atoms with Crippen LogP contribution in [0.4, 0.5) is 23.1 Å². The van der Waals surface area contributed by atoms with Crippen molar-refractivity contribution in [2.45, 2.75) is 64.6 Å². The van der Waals surface area contributed by atoms with Crippen LogP contribution in [-0.2, 0) is 0 Å². The van der Waals surface area contributed by atoms with Gasteiger partial charge in [0.1, 0.15) is 5.82 Å². The largest absolute Gasteiger partial charge is 0.368 e. The highest BCUT2D eigenvalue weighted by Gasteiger charge is 2.43. The molecule has 34 heavy (non-hydrogen) atoms. The van der Waals surface area contributed by atoms with Gasteiger partial charge in [0.05, 0.1) is 10.7 Å². The number of benzene rings is 1. The zero-order valence-electron chi connectivity index (χ0n) is 21.7. The molecule has 4 rings (SSSR count). The Balaban J connectivity index is 1.47. The standard InChI is InChI=1S/C26H40ClN7/c1-18-17-28-24(31-23(18)29-20-15-25(2,3)33(7)26(4,5)16-20)30-19-8-9-22(21(27)14-19)34-12-10-32(6)11-13-34/h8-9,14,17,20H,10-13,15-16H2,1-7H3,(H2,28,29,30,31). The molecule has 2 saturated heterocycles. The highest BCUT2D eigenvalue weighted by Crippen LogP contribution is 2.38. The molecule has 0 bridgehead atoms. The summed E-state index contributed by atoms with van der Waals surface area (Å²) in [6.07, 6.45) is 3.99. The van der Waals surface area contributed by atoms with Crippen molar-refractivity contribution >= 4 is 34.7 Å². The molecule has 0 atom stereocenters. The van der Waals surface area contributed by atoms with Gasteiger partial charge in [-0.3, -0.25) is 4.90 Å². The third kappa shape index (κ3) is 5.42. The van der Waals surface area contributed by atoms with Crippen LogP contribution in [0.5, 0.6) is 0 Å². The van der Waals surface area contributed by atoms with Crippen molar-refractivity contribution < 1.29 is 0 Å². The summed E-state index contributed by atoms with van der Waals surface area (Å²) in [4.78, 5) is 16.5. The Morgan fingerprint density at radius 3 is 2.26 bits per heavy atom. The predicted octanol–water partition coefficient (Wildman–Crippen LogP) is 5.00. The van der Waals surface area contributed by atoms with E-state index in [1.54, 1.807) is 0 Å². The van der Waals surface area contributed by atoms with Gasteiger partial charge in [0.15, 0.2) is 0 Å². The average molecular weight is 486 g/mol. The predicted molar refractivity (Wildman–Crippen MR) is 144 cm³/mol. The van der Waals surface area contributed by atoms with E-state index in [1.165, 1.54) is 0 Å². The molecule has 2 fully saturated rings. The Labute approximate surface area is 209 Å². The van der Waals surface area contributed by atoms with Crippen molar-refractivity contribution in [2.24, 2.45) is 0 Å². The maximum absolute atomic E-state index is 6.66. The second-order valence-corrected chi connectivity index (χ2v) is 11.6. The number of rotatable bonds is 5.